The van der Waals surface area contributed by atoms with Gasteiger partial charge in [-0.2, -0.15) is 0 Å². The van der Waals surface area contributed by atoms with Gasteiger partial charge in [0.05, 0.1) is 5.70 Å². The van der Waals surface area contributed by atoms with Crippen LogP contribution in [-0.4, -0.2) is 13.4 Å². The van der Waals surface area contributed by atoms with Gasteiger partial charge in [-0.15, -0.1) is 0 Å². The van der Waals surface area contributed by atoms with Crippen LogP contribution in [0.25, 0.3) is 28.0 Å². The molecule has 7 aromatic rings. The molecule has 0 unspecified atom stereocenters. The lowest BCUT2D eigenvalue weighted by Crippen LogP contribution is -1.90. The Morgan fingerprint density at radius 1 is 0.519 bits per heavy atom. The lowest BCUT2D eigenvalue weighted by Gasteiger charge is -2.09. The second-order valence-corrected chi connectivity index (χ2v) is 12.9. The molecule has 0 aliphatic carbocycles. The quantitative estimate of drug-likeness (QED) is 0.145. The van der Waals surface area contributed by atoms with E-state index < -0.39 is 0 Å². The molecule has 0 radical (unpaired) electrons. The lowest BCUT2D eigenvalue weighted by molar-refractivity contribution is 1.14. The molecule has 0 atom stereocenters. The molecular weight excluding hydrogens is 653 g/mol. The van der Waals surface area contributed by atoms with Crippen LogP contribution in [0.15, 0.2) is 199 Å². The van der Waals surface area contributed by atoms with Crippen LogP contribution >= 0.6 is 0 Å². The van der Waals surface area contributed by atoms with Gasteiger partial charge in [-0.25, -0.2) is 0 Å². The fourth-order valence-corrected chi connectivity index (χ4v) is 6.03. The van der Waals surface area contributed by atoms with E-state index in [9.17, 15) is 0 Å². The van der Waals surface area contributed by atoms with Gasteiger partial charge in [-0.1, -0.05) is 206 Å². The SMILES string of the molecule is C=N.C=N/C(=C\Cc1ccc(-c2ccccc2)cc1)c1cccc(C)c1.CCc1ccccc1-c1ccc(Cc2ccccc2)cc1.Cc1ccccc1. The third-order valence-electron chi connectivity index (χ3n) is 8.93. The van der Waals surface area contributed by atoms with E-state index in [-0.39, 0.29) is 0 Å². The molecule has 7 rings (SSSR count). The third-order valence-corrected chi connectivity index (χ3v) is 8.93. The zero-order chi connectivity index (χ0) is 38.4. The number of nitrogens with zero attached hydrogens (tertiary/aromatic N) is 1. The summed E-state index contributed by atoms with van der Waals surface area (Å²) in [5.74, 6) is 0. The van der Waals surface area contributed by atoms with Crippen molar-refractivity contribution in [3.8, 4) is 22.3 Å². The summed E-state index contributed by atoms with van der Waals surface area (Å²) in [6, 6.07) is 66.0. The van der Waals surface area contributed by atoms with Crippen LogP contribution < -0.4 is 0 Å². The molecule has 54 heavy (non-hydrogen) atoms. The average Bonchev–Trinajstić information content (AvgIpc) is 3.24. The molecule has 0 saturated carbocycles. The van der Waals surface area contributed by atoms with Gasteiger partial charge in [0.25, 0.3) is 0 Å². The van der Waals surface area contributed by atoms with Crippen LogP contribution in [0.1, 0.15) is 45.9 Å². The van der Waals surface area contributed by atoms with Crippen molar-refractivity contribution in [2.75, 3.05) is 0 Å². The monoisotopic (exact) mass is 704 g/mol. The molecule has 0 aliphatic rings. The topological polar surface area (TPSA) is 36.2 Å². The molecule has 0 spiro atoms. The number of aliphatic imine (C=N–C) groups is 1. The van der Waals surface area contributed by atoms with E-state index in [2.05, 4.69) is 209 Å². The molecule has 0 saturated heterocycles. The Labute approximate surface area is 323 Å². The molecule has 1 N–H and O–H groups in total. The molecule has 0 heterocycles. The van der Waals surface area contributed by atoms with E-state index in [1.54, 1.807) is 0 Å². The highest BCUT2D eigenvalue weighted by Crippen LogP contribution is 2.25. The fraction of sp³-hybridized carbons (Fsp3) is 0.115. The van der Waals surface area contributed by atoms with Gasteiger partial charge in [-0.3, -0.25) is 4.99 Å². The van der Waals surface area contributed by atoms with E-state index in [4.69, 9.17) is 5.41 Å². The highest BCUT2D eigenvalue weighted by atomic mass is 14.7. The van der Waals surface area contributed by atoms with E-state index in [1.807, 2.05) is 24.3 Å². The molecule has 0 amide bonds. The maximum Gasteiger partial charge on any atom is 0.0658 e. The summed E-state index contributed by atoms with van der Waals surface area (Å²) >= 11 is 0. The molecule has 7 aromatic carbocycles. The Balaban J connectivity index is 0.000000197. The van der Waals surface area contributed by atoms with Gasteiger partial charge < -0.3 is 5.41 Å². The predicted molar refractivity (Wildman–Crippen MR) is 236 cm³/mol. The molecular formula is C52H52N2. The molecule has 0 fully saturated rings. The first kappa shape index (κ1) is 40.4. The van der Waals surface area contributed by atoms with Gasteiger partial charge in [0.2, 0.25) is 0 Å². The number of allylic oxidation sites excluding steroid dienone is 1. The van der Waals surface area contributed by atoms with Crippen molar-refractivity contribution in [3.05, 3.63) is 233 Å². The summed E-state index contributed by atoms with van der Waals surface area (Å²) in [5, 5.41) is 5.50. The van der Waals surface area contributed by atoms with Crippen molar-refractivity contribution in [2.24, 2.45) is 4.99 Å². The Bertz CT molecular complexity index is 2130. The van der Waals surface area contributed by atoms with Gasteiger partial charge in [0.1, 0.15) is 0 Å². The predicted octanol–water partition coefficient (Wildman–Crippen LogP) is 13.7. The number of rotatable bonds is 9. The Morgan fingerprint density at radius 2 is 1.02 bits per heavy atom. The summed E-state index contributed by atoms with van der Waals surface area (Å²) in [6.45, 7) is 12.6. The van der Waals surface area contributed by atoms with Crippen molar-refractivity contribution >= 4 is 19.1 Å². The Kier molecular flexibility index (Phi) is 16.9. The highest BCUT2D eigenvalue weighted by molar-refractivity contribution is 5.69. The van der Waals surface area contributed by atoms with Crippen LogP contribution in [0.5, 0.6) is 0 Å². The standard InChI is InChI=1S/C23H21N.C21H20.C7H8.CH3N/c1-18-7-6-10-22(17-18)23(24-2)16-13-19-11-14-21(15-12-19)20-8-4-3-5-9-20;1-2-19-10-6-7-11-21(19)20-14-12-18(13-15-20)16-17-8-4-3-5-9-17;1-7-5-3-2-4-6-7;1-2/h3-12,14-17H,2,13H2,1H3;3-15H,2,16H2,1H3;2-6H,1H3;2H,1H2/b23-16-;;;. The normalized spacial score (nSPS) is 10.3. The lowest BCUT2D eigenvalue weighted by atomic mass is 9.96. The summed E-state index contributed by atoms with van der Waals surface area (Å²) < 4.78 is 0. The zero-order valence-corrected chi connectivity index (χ0v) is 32.0. The summed E-state index contributed by atoms with van der Waals surface area (Å²) in [4.78, 5) is 4.19. The second kappa shape index (κ2) is 22.5. The first-order chi connectivity index (χ1) is 26.5. The molecule has 270 valence electrons. The Morgan fingerprint density at radius 3 is 1.59 bits per heavy atom. The third kappa shape index (κ3) is 13.0. The Hall–Kier alpha value is -6.38. The van der Waals surface area contributed by atoms with Crippen LogP contribution in [0, 0.1) is 19.3 Å². The maximum absolute atomic E-state index is 5.50. The average molecular weight is 705 g/mol. The van der Waals surface area contributed by atoms with Gasteiger partial charge in [0.15, 0.2) is 0 Å². The molecule has 2 heteroatoms. The van der Waals surface area contributed by atoms with E-state index in [0.29, 0.717) is 0 Å². The van der Waals surface area contributed by atoms with Gasteiger partial charge in [-0.05, 0) is 97.1 Å². The smallest absolute Gasteiger partial charge is 0.0658 e. The van der Waals surface area contributed by atoms with Crippen LogP contribution in [0.3, 0.4) is 0 Å². The molecule has 0 aliphatic heterocycles. The van der Waals surface area contributed by atoms with Crippen LogP contribution in [0.2, 0.25) is 0 Å². The highest BCUT2D eigenvalue weighted by Gasteiger charge is 2.04. The zero-order valence-electron chi connectivity index (χ0n) is 32.0. The maximum atomic E-state index is 5.50. The number of benzene rings is 7. The summed E-state index contributed by atoms with van der Waals surface area (Å²) in [7, 11) is 0. The van der Waals surface area contributed by atoms with Crippen molar-refractivity contribution < 1.29 is 0 Å². The number of hydrogen-bond acceptors (Lipinski definition) is 2. The minimum absolute atomic E-state index is 0.845. The first-order valence-electron chi connectivity index (χ1n) is 18.5. The largest absolute Gasteiger partial charge is 0.317 e. The molecule has 2 nitrogen and oxygen atoms in total. The fourth-order valence-electron chi connectivity index (χ4n) is 6.03. The van der Waals surface area contributed by atoms with Crippen LogP contribution in [-0.2, 0) is 19.3 Å². The van der Waals surface area contributed by atoms with Gasteiger partial charge >= 0.3 is 0 Å². The van der Waals surface area contributed by atoms with Crippen molar-refractivity contribution in [3.63, 3.8) is 0 Å². The second-order valence-electron chi connectivity index (χ2n) is 12.9. The van der Waals surface area contributed by atoms with E-state index in [0.717, 1.165) is 30.5 Å². The van der Waals surface area contributed by atoms with Crippen LogP contribution in [0.4, 0.5) is 0 Å². The number of hydrogen-bond donors (Lipinski definition) is 1. The van der Waals surface area contributed by atoms with Crippen molar-refractivity contribution in [2.45, 2.75) is 40.0 Å². The summed E-state index contributed by atoms with van der Waals surface area (Å²) in [6.07, 6.45) is 5.05. The first-order valence-corrected chi connectivity index (χ1v) is 18.5. The van der Waals surface area contributed by atoms with E-state index >= 15 is 0 Å². The van der Waals surface area contributed by atoms with Gasteiger partial charge in [0, 0.05) is 5.56 Å². The van der Waals surface area contributed by atoms with Crippen molar-refractivity contribution in [1.29, 1.82) is 5.41 Å². The minimum Gasteiger partial charge on any atom is -0.317 e. The van der Waals surface area contributed by atoms with Crippen molar-refractivity contribution in [1.82, 2.24) is 0 Å². The molecule has 0 aromatic heterocycles. The van der Waals surface area contributed by atoms with E-state index in [1.165, 1.54) is 55.6 Å². The minimum atomic E-state index is 0.845. The molecule has 0 bridgehead atoms. The summed E-state index contributed by atoms with van der Waals surface area (Å²) in [5.41, 5.74) is 15.1. The number of aryl methyl sites for hydroxylation is 3. The number of nitrogens with one attached hydrogen (secondary N) is 1.